The number of piperazine rings is 1. The Balaban J connectivity index is 1.56. The Bertz CT molecular complexity index is 571. The molecule has 0 amide bonds. The van der Waals surface area contributed by atoms with E-state index in [4.69, 9.17) is 23.2 Å². The second-order valence-corrected chi connectivity index (χ2v) is 8.68. The van der Waals surface area contributed by atoms with E-state index in [1.165, 1.54) is 70.1 Å². The van der Waals surface area contributed by atoms with E-state index in [0.29, 0.717) is 6.04 Å². The van der Waals surface area contributed by atoms with Gasteiger partial charge < -0.3 is 0 Å². The molecule has 2 heterocycles. The number of halogens is 2. The van der Waals surface area contributed by atoms with Crippen molar-refractivity contribution in [1.29, 1.82) is 0 Å². The van der Waals surface area contributed by atoms with Crippen molar-refractivity contribution in [2.24, 2.45) is 5.92 Å². The van der Waals surface area contributed by atoms with Gasteiger partial charge in [-0.1, -0.05) is 48.5 Å². The summed E-state index contributed by atoms with van der Waals surface area (Å²) in [6, 6.07) is 7.47. The minimum atomic E-state index is 0.716. The topological polar surface area (TPSA) is 6.48 Å². The molecule has 4 rings (SSSR count). The van der Waals surface area contributed by atoms with Crippen molar-refractivity contribution in [2.45, 2.75) is 63.6 Å². The van der Waals surface area contributed by atoms with Crippen LogP contribution >= 0.6 is 23.2 Å². The Labute approximate surface area is 156 Å². The number of nitrogens with zero attached hydrogens (tertiary/aromatic N) is 2. The fourth-order valence-corrected chi connectivity index (χ4v) is 5.78. The van der Waals surface area contributed by atoms with E-state index in [2.05, 4.69) is 15.9 Å². The molecule has 24 heavy (non-hydrogen) atoms. The third kappa shape index (κ3) is 3.49. The van der Waals surface area contributed by atoms with Crippen LogP contribution in [0, 0.1) is 5.92 Å². The van der Waals surface area contributed by atoms with Crippen LogP contribution in [-0.2, 0) is 6.54 Å². The molecule has 4 heteroatoms. The molecule has 0 radical (unpaired) electrons. The molecule has 2 aliphatic heterocycles. The van der Waals surface area contributed by atoms with Gasteiger partial charge in [0, 0.05) is 41.8 Å². The first kappa shape index (κ1) is 17.1. The van der Waals surface area contributed by atoms with Crippen molar-refractivity contribution in [3.63, 3.8) is 0 Å². The fourth-order valence-electron chi connectivity index (χ4n) is 5.31. The van der Waals surface area contributed by atoms with Gasteiger partial charge in [-0.25, -0.2) is 0 Å². The molecular formula is C20H28Cl2N2. The summed E-state index contributed by atoms with van der Waals surface area (Å²) < 4.78 is 0. The highest BCUT2D eigenvalue weighted by Gasteiger charge is 2.42. The van der Waals surface area contributed by atoms with E-state index in [-0.39, 0.29) is 0 Å². The third-order valence-electron chi connectivity index (χ3n) is 6.43. The zero-order valence-corrected chi connectivity index (χ0v) is 15.9. The van der Waals surface area contributed by atoms with E-state index < -0.39 is 0 Å². The predicted molar refractivity (Wildman–Crippen MR) is 102 cm³/mol. The summed E-state index contributed by atoms with van der Waals surface area (Å²) in [6.07, 6.45) is 9.86. The number of benzene rings is 1. The number of hydrogen-bond acceptors (Lipinski definition) is 2. The third-order valence-corrected chi connectivity index (χ3v) is 7.01. The lowest BCUT2D eigenvalue weighted by Crippen LogP contribution is -2.59. The Morgan fingerprint density at radius 1 is 0.917 bits per heavy atom. The van der Waals surface area contributed by atoms with Crippen LogP contribution in [0.15, 0.2) is 18.2 Å². The molecule has 0 bridgehead atoms. The SMILES string of the molecule is Clc1ccc(CN2CCN3CCC[C@@H]3[C@H]2C2CCCCC2)c(Cl)c1. The standard InChI is InChI=1S/C20H28Cl2N2/c21-17-9-8-16(18(22)13-17)14-24-12-11-23-10-4-7-19(23)20(24)15-5-2-1-3-6-15/h8-9,13,15,19-20H,1-7,10-12,14H2/t19-,20-/m1/s1. The van der Waals surface area contributed by atoms with Gasteiger partial charge in [0.2, 0.25) is 0 Å². The largest absolute Gasteiger partial charge is 0.298 e. The van der Waals surface area contributed by atoms with E-state index in [1.54, 1.807) is 0 Å². The molecule has 2 atom stereocenters. The Morgan fingerprint density at radius 3 is 2.54 bits per heavy atom. The van der Waals surface area contributed by atoms with Gasteiger partial charge in [0.25, 0.3) is 0 Å². The van der Waals surface area contributed by atoms with Gasteiger partial charge in [0.1, 0.15) is 0 Å². The molecule has 3 aliphatic rings. The normalized spacial score (nSPS) is 29.8. The molecule has 0 aromatic heterocycles. The first-order chi connectivity index (χ1) is 11.7. The molecule has 1 aliphatic carbocycles. The van der Waals surface area contributed by atoms with Crippen molar-refractivity contribution in [3.05, 3.63) is 33.8 Å². The predicted octanol–water partition coefficient (Wildman–Crippen LogP) is 5.22. The zero-order chi connectivity index (χ0) is 16.5. The molecule has 2 nitrogen and oxygen atoms in total. The Kier molecular flexibility index (Phi) is 5.38. The van der Waals surface area contributed by atoms with Crippen LogP contribution < -0.4 is 0 Å². The number of hydrogen-bond donors (Lipinski definition) is 0. The van der Waals surface area contributed by atoms with Crippen LogP contribution in [0.3, 0.4) is 0 Å². The summed E-state index contributed by atoms with van der Waals surface area (Å²) in [6.45, 7) is 4.68. The summed E-state index contributed by atoms with van der Waals surface area (Å²) in [5, 5.41) is 1.55. The molecule has 2 saturated heterocycles. The van der Waals surface area contributed by atoms with Gasteiger partial charge in [-0.15, -0.1) is 0 Å². The van der Waals surface area contributed by atoms with Crippen molar-refractivity contribution in [2.75, 3.05) is 19.6 Å². The van der Waals surface area contributed by atoms with E-state index in [9.17, 15) is 0 Å². The van der Waals surface area contributed by atoms with Gasteiger partial charge in [0.15, 0.2) is 0 Å². The molecule has 132 valence electrons. The average Bonchev–Trinajstić information content (AvgIpc) is 3.06. The lowest BCUT2D eigenvalue weighted by molar-refractivity contribution is -0.00378. The molecule has 1 aromatic rings. The van der Waals surface area contributed by atoms with E-state index >= 15 is 0 Å². The van der Waals surface area contributed by atoms with Crippen molar-refractivity contribution >= 4 is 23.2 Å². The second-order valence-electron chi connectivity index (χ2n) is 7.84. The molecule has 0 unspecified atom stereocenters. The monoisotopic (exact) mass is 366 g/mol. The van der Waals surface area contributed by atoms with E-state index in [1.807, 2.05) is 12.1 Å². The fraction of sp³-hybridized carbons (Fsp3) is 0.700. The number of fused-ring (bicyclic) bond motifs is 1. The molecule has 1 aromatic carbocycles. The highest BCUT2D eigenvalue weighted by atomic mass is 35.5. The molecule has 0 N–H and O–H groups in total. The maximum atomic E-state index is 6.47. The van der Waals surface area contributed by atoms with Crippen molar-refractivity contribution in [3.8, 4) is 0 Å². The zero-order valence-electron chi connectivity index (χ0n) is 14.4. The summed E-state index contributed by atoms with van der Waals surface area (Å²) in [7, 11) is 0. The maximum Gasteiger partial charge on any atom is 0.0465 e. The summed E-state index contributed by atoms with van der Waals surface area (Å²) >= 11 is 12.6. The lowest BCUT2D eigenvalue weighted by atomic mass is 9.78. The van der Waals surface area contributed by atoms with Crippen LogP contribution in [0.4, 0.5) is 0 Å². The number of rotatable bonds is 3. The summed E-state index contributed by atoms with van der Waals surface area (Å²) in [5.74, 6) is 0.871. The van der Waals surface area contributed by atoms with Gasteiger partial charge in [-0.3, -0.25) is 9.80 Å². The summed E-state index contributed by atoms with van der Waals surface area (Å²) in [5.41, 5.74) is 1.23. The second kappa shape index (κ2) is 7.53. The van der Waals surface area contributed by atoms with Crippen LogP contribution in [0.2, 0.25) is 10.0 Å². The van der Waals surface area contributed by atoms with Crippen LogP contribution in [0.1, 0.15) is 50.5 Å². The molecule has 3 fully saturated rings. The summed E-state index contributed by atoms with van der Waals surface area (Å²) in [4.78, 5) is 5.51. The van der Waals surface area contributed by atoms with Crippen molar-refractivity contribution < 1.29 is 0 Å². The van der Waals surface area contributed by atoms with Gasteiger partial charge in [0.05, 0.1) is 0 Å². The molecule has 0 spiro atoms. The highest BCUT2D eigenvalue weighted by Crippen LogP contribution is 2.38. The van der Waals surface area contributed by atoms with Gasteiger partial charge in [-0.2, -0.15) is 0 Å². The van der Waals surface area contributed by atoms with Crippen LogP contribution in [-0.4, -0.2) is 41.5 Å². The Hall–Kier alpha value is -0.280. The maximum absolute atomic E-state index is 6.47. The average molecular weight is 367 g/mol. The lowest BCUT2D eigenvalue weighted by Gasteiger charge is -2.49. The van der Waals surface area contributed by atoms with Gasteiger partial charge >= 0.3 is 0 Å². The highest BCUT2D eigenvalue weighted by molar-refractivity contribution is 6.35. The molecular weight excluding hydrogens is 339 g/mol. The van der Waals surface area contributed by atoms with E-state index in [0.717, 1.165) is 28.5 Å². The van der Waals surface area contributed by atoms with Crippen LogP contribution in [0.5, 0.6) is 0 Å². The minimum Gasteiger partial charge on any atom is -0.298 e. The van der Waals surface area contributed by atoms with Gasteiger partial charge in [-0.05, 0) is 55.8 Å². The minimum absolute atomic E-state index is 0.716. The van der Waals surface area contributed by atoms with Crippen molar-refractivity contribution in [1.82, 2.24) is 9.80 Å². The molecule has 1 saturated carbocycles. The first-order valence-electron chi connectivity index (χ1n) is 9.64. The smallest absolute Gasteiger partial charge is 0.0465 e. The van der Waals surface area contributed by atoms with Crippen LogP contribution in [0.25, 0.3) is 0 Å². The first-order valence-corrected chi connectivity index (χ1v) is 10.4. The Morgan fingerprint density at radius 2 is 1.75 bits per heavy atom. The quantitative estimate of drug-likeness (QED) is 0.723.